The Hall–Kier alpha value is -5.49. The number of amides is 9. The van der Waals surface area contributed by atoms with Crippen LogP contribution in [-0.4, -0.2) is 305 Å². The molecule has 4 aliphatic rings. The number of aliphatic hydroxyl groups is 10. The van der Waals surface area contributed by atoms with Gasteiger partial charge in [-0.25, -0.2) is 0 Å². The molecule has 0 bridgehead atoms. The summed E-state index contributed by atoms with van der Waals surface area (Å²) in [5, 5.41) is 126. The largest absolute Gasteiger partial charge is 0.394 e. The summed E-state index contributed by atoms with van der Waals surface area (Å²) < 4.78 is 46.0. The number of ether oxygens (including phenoxy) is 8. The Kier molecular flexibility index (Phi) is 47.7. The predicted octanol–water partition coefficient (Wildman–Crippen LogP) is -2.61. The molecule has 16 unspecified atom stereocenters. The van der Waals surface area contributed by atoms with E-state index in [-0.39, 0.29) is 108 Å². The zero-order valence-corrected chi connectivity index (χ0v) is 64.4. The molecule has 0 radical (unpaired) electrons. The van der Waals surface area contributed by atoms with Gasteiger partial charge in [0, 0.05) is 98.9 Å². The minimum absolute atomic E-state index is 0.00987. The number of carbonyl (C=O) groups is 9. The van der Waals surface area contributed by atoms with Crippen molar-refractivity contribution in [2.45, 2.75) is 336 Å². The first-order valence-electron chi connectivity index (χ1n) is 39.3. The van der Waals surface area contributed by atoms with Crippen LogP contribution >= 0.6 is 0 Å². The molecule has 630 valence electrons. The summed E-state index contributed by atoms with van der Waals surface area (Å²) in [4.78, 5) is 117. The Morgan fingerprint density at radius 1 is 0.376 bits per heavy atom. The van der Waals surface area contributed by atoms with Crippen LogP contribution in [-0.2, 0) is 81.0 Å². The molecule has 0 aromatic carbocycles. The van der Waals surface area contributed by atoms with Gasteiger partial charge in [0.1, 0.15) is 91.2 Å². The van der Waals surface area contributed by atoms with E-state index in [0.717, 1.165) is 44.9 Å². The minimum Gasteiger partial charge on any atom is -0.394 e. The van der Waals surface area contributed by atoms with Gasteiger partial charge in [-0.3, -0.25) is 43.2 Å². The molecule has 20 atom stereocenters. The smallest absolute Gasteiger partial charge is 0.242 e. The lowest BCUT2D eigenvalue weighted by molar-refractivity contribution is -0.270. The second kappa shape index (κ2) is 54.3. The van der Waals surface area contributed by atoms with Crippen LogP contribution in [0.4, 0.5) is 0 Å². The number of unbranched alkanes of at least 4 members (excludes halogenated alkanes) is 16. The molecule has 4 fully saturated rings. The highest BCUT2D eigenvalue weighted by atomic mass is 16.7. The first-order valence-corrected chi connectivity index (χ1v) is 39.3. The third kappa shape index (κ3) is 36.9. The molecular weight excluding hydrogens is 1430 g/mol. The summed E-state index contributed by atoms with van der Waals surface area (Å²) in [6.07, 6.45) is -2.65. The van der Waals surface area contributed by atoms with Crippen LogP contribution in [0.5, 0.6) is 0 Å². The molecule has 109 heavy (non-hydrogen) atoms. The maximum atomic E-state index is 13.9. The van der Waals surface area contributed by atoms with Crippen molar-refractivity contribution in [3.63, 3.8) is 0 Å². The molecule has 19 N–H and O–H groups in total. The Morgan fingerprint density at radius 3 is 1.06 bits per heavy atom. The maximum absolute atomic E-state index is 13.9. The van der Waals surface area contributed by atoms with Crippen molar-refractivity contribution >= 4 is 53.2 Å². The van der Waals surface area contributed by atoms with Gasteiger partial charge in [-0.05, 0) is 78.1 Å². The molecule has 0 saturated carbocycles. The van der Waals surface area contributed by atoms with Crippen LogP contribution in [0, 0.1) is 0 Å². The van der Waals surface area contributed by atoms with Gasteiger partial charge < -0.3 is 137 Å². The van der Waals surface area contributed by atoms with Crippen LogP contribution in [0.15, 0.2) is 0 Å². The predicted molar refractivity (Wildman–Crippen MR) is 390 cm³/mol. The van der Waals surface area contributed by atoms with E-state index in [1.54, 1.807) is 0 Å². The summed E-state index contributed by atoms with van der Waals surface area (Å²) in [5.74, 6) is -4.04. The van der Waals surface area contributed by atoms with E-state index in [0.29, 0.717) is 103 Å². The monoisotopic (exact) mass is 1570 g/mol. The topological polar surface area (TPSA) is 538 Å². The molecule has 4 heterocycles. The van der Waals surface area contributed by atoms with Crippen molar-refractivity contribution in [1.29, 1.82) is 0 Å². The van der Waals surface area contributed by atoms with E-state index < -0.39 is 171 Å². The van der Waals surface area contributed by atoms with Crippen LogP contribution in [0.1, 0.15) is 208 Å². The highest BCUT2D eigenvalue weighted by Crippen LogP contribution is 2.28. The summed E-state index contributed by atoms with van der Waals surface area (Å²) in [7, 11) is 0. The van der Waals surface area contributed by atoms with Gasteiger partial charge in [-0.2, -0.15) is 0 Å². The number of aliphatic hydroxyl groups excluding tert-OH is 10. The van der Waals surface area contributed by atoms with E-state index >= 15 is 0 Å². The molecule has 4 aliphatic heterocycles. The normalized spacial score (nSPS) is 27.4. The van der Waals surface area contributed by atoms with E-state index in [1.807, 2.05) is 13.8 Å². The lowest BCUT2D eigenvalue weighted by Gasteiger charge is -2.42. The number of hydrogen-bond donors (Lipinski definition) is 19. The SMILES string of the molecule is CC(=O)NC1C(OCCCCCCNC(=O)C(CCC(=O)NCCCCCCOC2O[C@H](CO)C(O)C(O)C2NC(C)=O)NC(=O)CCC(NC(=O)CCCCCCCCCCC(=O)NC[C@@H]2C[C@@H](OC(C)C)[C@H](CO)O2)C(=O)NCCCCCCOC2OC(CO)C(O)C(O)C2NC(C)=O)OC(CO)C(O)C1O. The fraction of sp³-hybridized carbons (Fsp3) is 0.877. The summed E-state index contributed by atoms with van der Waals surface area (Å²) in [6, 6.07) is -5.61. The zero-order chi connectivity index (χ0) is 80.2. The van der Waals surface area contributed by atoms with Gasteiger partial charge in [-0.1, -0.05) is 77.0 Å². The van der Waals surface area contributed by atoms with Gasteiger partial charge in [0.15, 0.2) is 18.9 Å². The van der Waals surface area contributed by atoms with Crippen molar-refractivity contribution in [3.05, 3.63) is 0 Å². The average molecular weight is 1570 g/mol. The molecule has 0 aromatic rings. The second-order valence-corrected chi connectivity index (χ2v) is 29.0. The fourth-order valence-electron chi connectivity index (χ4n) is 13.3. The zero-order valence-electron chi connectivity index (χ0n) is 64.4. The molecule has 0 aromatic heterocycles. The lowest BCUT2D eigenvalue weighted by atomic mass is 9.97. The first kappa shape index (κ1) is 95.9. The molecule has 0 spiro atoms. The maximum Gasteiger partial charge on any atom is 0.242 e. The van der Waals surface area contributed by atoms with Crippen molar-refractivity contribution in [2.24, 2.45) is 0 Å². The van der Waals surface area contributed by atoms with E-state index in [2.05, 4.69) is 47.9 Å². The van der Waals surface area contributed by atoms with Crippen LogP contribution in [0.2, 0.25) is 0 Å². The van der Waals surface area contributed by atoms with Crippen LogP contribution in [0.3, 0.4) is 0 Å². The highest BCUT2D eigenvalue weighted by molar-refractivity contribution is 5.90. The first-order chi connectivity index (χ1) is 52.2. The van der Waals surface area contributed by atoms with Gasteiger partial charge in [0.25, 0.3) is 0 Å². The Balaban J connectivity index is 1.30. The van der Waals surface area contributed by atoms with E-state index in [1.165, 1.54) is 20.8 Å². The fourth-order valence-corrected chi connectivity index (χ4v) is 13.3. The number of rotatable bonds is 56. The second-order valence-electron chi connectivity index (χ2n) is 29.0. The highest BCUT2D eigenvalue weighted by Gasteiger charge is 2.48. The standard InChI is InChI=1S/C73H131N9O27/c1-44(2)105-51-38-48(106-52(51)40-83)39-77-56(90)26-18-10-8-6-7-9-11-19-27-58(92)81-50(70(101)76-34-22-14-17-25-37-104-73-62(80-47(5)89)68(99)65(96)55(43-86)109-73)29-31-59(93)82-49(69(100)75-33-21-13-16-24-36-103-72-61(79-46(4)88)67(98)64(95)54(42-85)108-72)28-30-57(91)74-32-20-12-15-23-35-102-71-60(78-45(3)87)66(97)63(94)53(41-84)107-71/h44,48-55,60-68,71-73,83-86,94-99H,6-43H2,1-5H3,(H,74,91)(H,75,100)(H,76,101)(H,77,90)(H,78,87)(H,79,88)(H,80,89)(H,81,92)(H,82,93)/t48-,49?,50?,51+,52-,53+,54?,55?,60?,61?,62?,63?,64?,65?,66?,67?,68?,71?,72?,73?/m0/s1. The minimum atomic E-state index is -1.47. The van der Waals surface area contributed by atoms with Gasteiger partial charge in [0.05, 0.1) is 44.7 Å². The molecule has 4 rings (SSSR count). The molecule has 9 amide bonds. The van der Waals surface area contributed by atoms with E-state index in [9.17, 15) is 94.2 Å². The number of nitrogens with one attached hydrogen (secondary N) is 9. The Bertz CT molecular complexity index is 2650. The number of hydrogen-bond acceptors (Lipinski definition) is 27. The quantitative estimate of drug-likeness (QED) is 0.0277. The van der Waals surface area contributed by atoms with Crippen molar-refractivity contribution < 1.29 is 132 Å². The average Bonchev–Trinajstić information content (AvgIpc) is 1.43. The third-order valence-electron chi connectivity index (χ3n) is 19.3. The van der Waals surface area contributed by atoms with Crippen LogP contribution < -0.4 is 47.9 Å². The molecule has 0 aliphatic carbocycles. The summed E-state index contributed by atoms with van der Waals surface area (Å²) in [5.41, 5.74) is 0. The molecule has 36 heteroatoms. The van der Waals surface area contributed by atoms with E-state index in [4.69, 9.17) is 37.9 Å². The summed E-state index contributed by atoms with van der Waals surface area (Å²) in [6.45, 7) is 7.08. The van der Waals surface area contributed by atoms with Crippen molar-refractivity contribution in [3.8, 4) is 0 Å². The third-order valence-corrected chi connectivity index (χ3v) is 19.3. The molecule has 4 saturated heterocycles. The Morgan fingerprint density at radius 2 is 0.697 bits per heavy atom. The van der Waals surface area contributed by atoms with Crippen LogP contribution in [0.25, 0.3) is 0 Å². The van der Waals surface area contributed by atoms with Gasteiger partial charge >= 0.3 is 0 Å². The lowest BCUT2D eigenvalue weighted by Crippen LogP contribution is -2.64. The molecule has 36 nitrogen and oxygen atoms in total. The van der Waals surface area contributed by atoms with Crippen molar-refractivity contribution in [2.75, 3.05) is 72.4 Å². The van der Waals surface area contributed by atoms with Gasteiger partial charge in [0.2, 0.25) is 53.2 Å². The Labute approximate surface area is 639 Å². The molecular formula is C73H131N9O27. The summed E-state index contributed by atoms with van der Waals surface area (Å²) >= 11 is 0. The van der Waals surface area contributed by atoms with Gasteiger partial charge in [-0.15, -0.1) is 0 Å². The van der Waals surface area contributed by atoms with Crippen molar-refractivity contribution in [1.82, 2.24) is 47.9 Å². The number of carbonyl (C=O) groups excluding carboxylic acids is 9.